The first-order valence-electron chi connectivity index (χ1n) is 7.68. The van der Waals surface area contributed by atoms with Gasteiger partial charge >= 0.3 is 0 Å². The van der Waals surface area contributed by atoms with Gasteiger partial charge in [-0.1, -0.05) is 27.2 Å². The molecule has 1 aliphatic carbocycles. The van der Waals surface area contributed by atoms with E-state index in [2.05, 4.69) is 41.4 Å². The minimum atomic E-state index is -0.376. The summed E-state index contributed by atoms with van der Waals surface area (Å²) in [7, 11) is 0. The predicted molar refractivity (Wildman–Crippen MR) is 80.4 cm³/mol. The van der Waals surface area contributed by atoms with Crippen LogP contribution in [0.4, 0.5) is 16.2 Å². The van der Waals surface area contributed by atoms with Gasteiger partial charge in [0.1, 0.15) is 0 Å². The Kier molecular flexibility index (Phi) is 5.15. The van der Waals surface area contributed by atoms with Crippen LogP contribution in [-0.4, -0.2) is 22.6 Å². The first-order valence-corrected chi connectivity index (χ1v) is 7.68. The molecule has 1 heterocycles. The first-order chi connectivity index (χ1) is 9.65. The Labute approximate surface area is 120 Å². The third kappa shape index (κ3) is 3.38. The highest BCUT2D eigenvalue weighted by atomic mass is 19.1. The van der Waals surface area contributed by atoms with E-state index in [0.29, 0.717) is 23.7 Å². The Bertz CT molecular complexity index is 438. The average molecular weight is 280 g/mol. The van der Waals surface area contributed by atoms with Gasteiger partial charge < -0.3 is 10.6 Å². The van der Waals surface area contributed by atoms with Crippen molar-refractivity contribution in [3.63, 3.8) is 0 Å². The van der Waals surface area contributed by atoms with Crippen molar-refractivity contribution >= 4 is 11.8 Å². The minimum absolute atomic E-state index is 0.309. The lowest BCUT2D eigenvalue weighted by Gasteiger charge is -2.21. The Morgan fingerprint density at radius 3 is 2.80 bits per heavy atom. The summed E-state index contributed by atoms with van der Waals surface area (Å²) in [6, 6.07) is 0.309. The normalized spacial score (nSPS) is 25.7. The summed E-state index contributed by atoms with van der Waals surface area (Å²) in [5.41, 5.74) is 0. The van der Waals surface area contributed by atoms with E-state index in [-0.39, 0.29) is 5.82 Å². The molecule has 0 amide bonds. The van der Waals surface area contributed by atoms with E-state index in [4.69, 9.17) is 0 Å². The maximum Gasteiger partial charge on any atom is 0.224 e. The molecule has 1 aliphatic rings. The van der Waals surface area contributed by atoms with Gasteiger partial charge in [-0.25, -0.2) is 9.37 Å². The molecule has 20 heavy (non-hydrogen) atoms. The van der Waals surface area contributed by atoms with Crippen LogP contribution in [0.3, 0.4) is 0 Å². The van der Waals surface area contributed by atoms with Crippen LogP contribution in [0, 0.1) is 17.7 Å². The standard InChI is InChI=1S/C15H25FN4/c1-4-8-17-15-18-9-12(16)14(20-15)19-13-7-6-11(5-2)10(13)3/h9-11,13H,4-8H2,1-3H3,(H2,17,18,19,20). The Morgan fingerprint density at radius 1 is 1.35 bits per heavy atom. The summed E-state index contributed by atoms with van der Waals surface area (Å²) < 4.78 is 13.8. The van der Waals surface area contributed by atoms with Crippen molar-refractivity contribution in [2.45, 2.75) is 52.5 Å². The topological polar surface area (TPSA) is 49.8 Å². The molecule has 0 saturated heterocycles. The number of halogens is 1. The van der Waals surface area contributed by atoms with Crippen molar-refractivity contribution in [3.8, 4) is 0 Å². The van der Waals surface area contributed by atoms with Crippen LogP contribution < -0.4 is 10.6 Å². The third-order valence-electron chi connectivity index (χ3n) is 4.35. The van der Waals surface area contributed by atoms with Crippen molar-refractivity contribution in [1.29, 1.82) is 0 Å². The van der Waals surface area contributed by atoms with Crippen LogP contribution in [0.1, 0.15) is 46.5 Å². The average Bonchev–Trinajstić information content (AvgIpc) is 2.80. The lowest BCUT2D eigenvalue weighted by molar-refractivity contribution is 0.391. The van der Waals surface area contributed by atoms with Gasteiger partial charge in [0, 0.05) is 12.6 Å². The molecule has 0 aliphatic heterocycles. The molecule has 3 atom stereocenters. The fourth-order valence-electron chi connectivity index (χ4n) is 2.99. The second-order valence-corrected chi connectivity index (χ2v) is 5.67. The minimum Gasteiger partial charge on any atom is -0.364 e. The van der Waals surface area contributed by atoms with Gasteiger partial charge in [0.2, 0.25) is 5.95 Å². The van der Waals surface area contributed by atoms with Gasteiger partial charge in [0.15, 0.2) is 11.6 Å². The van der Waals surface area contributed by atoms with Crippen molar-refractivity contribution in [2.75, 3.05) is 17.2 Å². The first kappa shape index (κ1) is 15.0. The second kappa shape index (κ2) is 6.86. The maximum absolute atomic E-state index is 13.8. The van der Waals surface area contributed by atoms with Gasteiger partial charge in [-0.3, -0.25) is 0 Å². The molecule has 1 aromatic rings. The molecule has 0 radical (unpaired) electrons. The molecule has 2 N–H and O–H groups in total. The number of nitrogens with one attached hydrogen (secondary N) is 2. The van der Waals surface area contributed by atoms with Gasteiger partial charge in [-0.2, -0.15) is 4.98 Å². The highest BCUT2D eigenvalue weighted by Crippen LogP contribution is 2.35. The monoisotopic (exact) mass is 280 g/mol. The Morgan fingerprint density at radius 2 is 2.15 bits per heavy atom. The quantitative estimate of drug-likeness (QED) is 0.834. The molecular weight excluding hydrogens is 255 g/mol. The summed E-state index contributed by atoms with van der Waals surface area (Å²) in [4.78, 5) is 8.21. The summed E-state index contributed by atoms with van der Waals surface area (Å²) in [6.45, 7) is 7.33. The third-order valence-corrected chi connectivity index (χ3v) is 4.35. The lowest BCUT2D eigenvalue weighted by atomic mass is 9.93. The van der Waals surface area contributed by atoms with Gasteiger partial charge in [-0.15, -0.1) is 0 Å². The van der Waals surface area contributed by atoms with Crippen molar-refractivity contribution in [1.82, 2.24) is 9.97 Å². The zero-order valence-corrected chi connectivity index (χ0v) is 12.6. The SMILES string of the molecule is CCCNc1ncc(F)c(NC2CCC(CC)C2C)n1. The second-order valence-electron chi connectivity index (χ2n) is 5.67. The fourth-order valence-corrected chi connectivity index (χ4v) is 2.99. The number of hydrogen-bond acceptors (Lipinski definition) is 4. The predicted octanol–water partition coefficient (Wildman–Crippen LogP) is 3.67. The molecule has 1 aromatic heterocycles. The van der Waals surface area contributed by atoms with Crippen LogP contribution in [0.25, 0.3) is 0 Å². The number of rotatable bonds is 6. The number of hydrogen-bond donors (Lipinski definition) is 2. The molecular formula is C15H25FN4. The fraction of sp³-hybridized carbons (Fsp3) is 0.733. The van der Waals surface area contributed by atoms with E-state index < -0.39 is 0 Å². The van der Waals surface area contributed by atoms with Crippen molar-refractivity contribution in [2.24, 2.45) is 11.8 Å². The number of nitrogens with zero attached hydrogens (tertiary/aromatic N) is 2. The molecule has 0 spiro atoms. The van der Waals surface area contributed by atoms with Crippen LogP contribution >= 0.6 is 0 Å². The Balaban J connectivity index is 2.05. The molecule has 1 saturated carbocycles. The van der Waals surface area contributed by atoms with Gasteiger partial charge in [0.05, 0.1) is 6.20 Å². The van der Waals surface area contributed by atoms with E-state index in [1.54, 1.807) is 0 Å². The lowest BCUT2D eigenvalue weighted by Crippen LogP contribution is -2.26. The van der Waals surface area contributed by atoms with Crippen LogP contribution in [0.5, 0.6) is 0 Å². The number of aromatic nitrogens is 2. The summed E-state index contributed by atoms with van der Waals surface area (Å²) in [5, 5.41) is 6.36. The Hall–Kier alpha value is -1.39. The molecule has 2 rings (SSSR count). The zero-order valence-electron chi connectivity index (χ0n) is 12.6. The largest absolute Gasteiger partial charge is 0.364 e. The van der Waals surface area contributed by atoms with E-state index in [0.717, 1.165) is 25.3 Å². The molecule has 112 valence electrons. The maximum atomic E-state index is 13.8. The molecule has 3 unspecified atom stereocenters. The summed E-state index contributed by atoms with van der Waals surface area (Å²) in [5.74, 6) is 1.73. The number of anilines is 2. The molecule has 5 heteroatoms. The van der Waals surface area contributed by atoms with Crippen molar-refractivity contribution in [3.05, 3.63) is 12.0 Å². The zero-order chi connectivity index (χ0) is 14.5. The van der Waals surface area contributed by atoms with Crippen molar-refractivity contribution < 1.29 is 4.39 Å². The van der Waals surface area contributed by atoms with Gasteiger partial charge in [0.25, 0.3) is 0 Å². The highest BCUT2D eigenvalue weighted by molar-refractivity contribution is 5.42. The molecule has 4 nitrogen and oxygen atoms in total. The van der Waals surface area contributed by atoms with Gasteiger partial charge in [-0.05, 0) is 31.1 Å². The summed E-state index contributed by atoms with van der Waals surface area (Å²) in [6.07, 6.45) is 5.71. The van der Waals surface area contributed by atoms with E-state index in [1.165, 1.54) is 19.0 Å². The molecule has 0 aromatic carbocycles. The van der Waals surface area contributed by atoms with Crippen LogP contribution in [0.15, 0.2) is 6.20 Å². The van der Waals surface area contributed by atoms with Crippen LogP contribution in [0.2, 0.25) is 0 Å². The van der Waals surface area contributed by atoms with E-state index in [9.17, 15) is 4.39 Å². The van der Waals surface area contributed by atoms with E-state index >= 15 is 0 Å². The smallest absolute Gasteiger partial charge is 0.224 e. The van der Waals surface area contributed by atoms with E-state index in [1.807, 2.05) is 0 Å². The molecule has 1 fully saturated rings. The summed E-state index contributed by atoms with van der Waals surface area (Å²) >= 11 is 0. The molecule has 0 bridgehead atoms. The highest BCUT2D eigenvalue weighted by Gasteiger charge is 2.32. The van der Waals surface area contributed by atoms with Crippen LogP contribution in [-0.2, 0) is 0 Å².